The monoisotopic (exact) mass is 383 g/mol. The Bertz CT molecular complexity index is 554. The molecule has 0 aromatic heterocycles. The summed E-state index contributed by atoms with van der Waals surface area (Å²) in [6, 6.07) is 5.85. The number of methoxy groups -OCH3 is 1. The van der Waals surface area contributed by atoms with Gasteiger partial charge in [-0.15, -0.1) is 4.91 Å². The SMILES string of the molecule is CC.COC(C)(C)CCOC(C)(C)CCOC(=O)Oc1ccc(N=O)cc1. The van der Waals surface area contributed by atoms with E-state index in [0.717, 1.165) is 6.42 Å². The van der Waals surface area contributed by atoms with Crippen LogP contribution in [0.5, 0.6) is 5.75 Å². The summed E-state index contributed by atoms with van der Waals surface area (Å²) in [7, 11) is 1.67. The van der Waals surface area contributed by atoms with Crippen LogP contribution in [-0.2, 0) is 14.2 Å². The lowest BCUT2D eigenvalue weighted by Gasteiger charge is -2.28. The maximum absolute atomic E-state index is 11.7. The molecule has 27 heavy (non-hydrogen) atoms. The molecule has 0 saturated carbocycles. The molecule has 0 bridgehead atoms. The third kappa shape index (κ3) is 11.4. The Balaban J connectivity index is 0.00000326. The van der Waals surface area contributed by atoms with E-state index in [9.17, 15) is 9.70 Å². The minimum absolute atomic E-state index is 0.174. The molecule has 0 heterocycles. The van der Waals surface area contributed by atoms with Gasteiger partial charge < -0.3 is 18.9 Å². The predicted molar refractivity (Wildman–Crippen MR) is 106 cm³/mol. The number of hydrogen-bond donors (Lipinski definition) is 0. The van der Waals surface area contributed by atoms with Crippen molar-refractivity contribution in [3.05, 3.63) is 29.2 Å². The van der Waals surface area contributed by atoms with E-state index in [2.05, 4.69) is 5.18 Å². The van der Waals surface area contributed by atoms with Crippen molar-refractivity contribution in [2.75, 3.05) is 20.3 Å². The fourth-order valence-electron chi connectivity index (χ4n) is 1.83. The van der Waals surface area contributed by atoms with Crippen LogP contribution in [0.25, 0.3) is 0 Å². The van der Waals surface area contributed by atoms with Crippen molar-refractivity contribution >= 4 is 11.8 Å². The molecule has 0 atom stereocenters. The van der Waals surface area contributed by atoms with Crippen LogP contribution < -0.4 is 4.74 Å². The third-order valence-electron chi connectivity index (χ3n) is 3.82. The fourth-order valence-corrected chi connectivity index (χ4v) is 1.83. The molecular formula is C20H33NO6. The van der Waals surface area contributed by atoms with Gasteiger partial charge in [-0.1, -0.05) is 13.8 Å². The molecule has 7 nitrogen and oxygen atoms in total. The van der Waals surface area contributed by atoms with Crippen molar-refractivity contribution in [2.24, 2.45) is 5.18 Å². The van der Waals surface area contributed by atoms with Crippen molar-refractivity contribution in [2.45, 2.75) is 65.6 Å². The molecule has 0 aliphatic rings. The van der Waals surface area contributed by atoms with Gasteiger partial charge in [0.2, 0.25) is 0 Å². The van der Waals surface area contributed by atoms with E-state index < -0.39 is 11.8 Å². The zero-order valence-electron chi connectivity index (χ0n) is 17.5. The summed E-state index contributed by atoms with van der Waals surface area (Å²) in [4.78, 5) is 22.0. The second kappa shape index (κ2) is 12.4. The first-order chi connectivity index (χ1) is 12.7. The molecule has 1 rings (SSSR count). The number of benzene rings is 1. The highest BCUT2D eigenvalue weighted by Gasteiger charge is 2.22. The zero-order valence-corrected chi connectivity index (χ0v) is 17.5. The molecule has 0 aliphatic carbocycles. The zero-order chi connectivity index (χ0) is 20.9. The van der Waals surface area contributed by atoms with Crippen LogP contribution >= 0.6 is 0 Å². The van der Waals surface area contributed by atoms with E-state index in [4.69, 9.17) is 18.9 Å². The van der Waals surface area contributed by atoms with Crippen LogP contribution in [0.4, 0.5) is 10.5 Å². The van der Waals surface area contributed by atoms with Gasteiger partial charge >= 0.3 is 6.16 Å². The van der Waals surface area contributed by atoms with Gasteiger partial charge in [-0.25, -0.2) is 4.79 Å². The number of nitrogens with zero attached hydrogens (tertiary/aromatic N) is 1. The number of carbonyl (C=O) groups is 1. The maximum Gasteiger partial charge on any atom is 0.513 e. The maximum atomic E-state index is 11.7. The molecular weight excluding hydrogens is 350 g/mol. The van der Waals surface area contributed by atoms with E-state index in [-0.39, 0.29) is 23.6 Å². The van der Waals surface area contributed by atoms with E-state index in [1.165, 1.54) is 24.3 Å². The summed E-state index contributed by atoms with van der Waals surface area (Å²) in [5, 5.41) is 2.77. The van der Waals surface area contributed by atoms with Crippen molar-refractivity contribution in [3.8, 4) is 5.75 Å². The van der Waals surface area contributed by atoms with Gasteiger partial charge in [-0.2, -0.15) is 0 Å². The minimum atomic E-state index is -0.803. The van der Waals surface area contributed by atoms with Crippen molar-refractivity contribution in [3.63, 3.8) is 0 Å². The Morgan fingerprint density at radius 1 is 0.963 bits per heavy atom. The molecule has 0 amide bonds. The number of ether oxygens (including phenoxy) is 4. The Morgan fingerprint density at radius 3 is 2.04 bits per heavy atom. The first kappa shape index (κ1) is 25.0. The molecule has 1 aromatic rings. The molecule has 0 spiro atoms. The number of hydrogen-bond acceptors (Lipinski definition) is 7. The molecule has 1 aromatic carbocycles. The molecule has 0 radical (unpaired) electrons. The fraction of sp³-hybridized carbons (Fsp3) is 0.650. The second-order valence-corrected chi connectivity index (χ2v) is 6.86. The van der Waals surface area contributed by atoms with E-state index in [1.54, 1.807) is 7.11 Å². The van der Waals surface area contributed by atoms with E-state index >= 15 is 0 Å². The normalized spacial score (nSPS) is 11.2. The largest absolute Gasteiger partial charge is 0.513 e. The molecule has 7 heteroatoms. The highest BCUT2D eigenvalue weighted by Crippen LogP contribution is 2.20. The third-order valence-corrected chi connectivity index (χ3v) is 3.82. The highest BCUT2D eigenvalue weighted by atomic mass is 16.7. The summed E-state index contributed by atoms with van der Waals surface area (Å²) < 4.78 is 21.3. The van der Waals surface area contributed by atoms with Gasteiger partial charge in [0, 0.05) is 13.5 Å². The van der Waals surface area contributed by atoms with Crippen LogP contribution in [0.3, 0.4) is 0 Å². The summed E-state index contributed by atoms with van der Waals surface area (Å²) in [6.07, 6.45) is 0.494. The van der Waals surface area contributed by atoms with Gasteiger partial charge in [0.25, 0.3) is 0 Å². The lowest BCUT2D eigenvalue weighted by Crippen LogP contribution is -2.31. The first-order valence-corrected chi connectivity index (χ1v) is 9.14. The second-order valence-electron chi connectivity index (χ2n) is 6.86. The topological polar surface area (TPSA) is 83.4 Å². The Morgan fingerprint density at radius 2 is 1.52 bits per heavy atom. The molecule has 0 aliphatic heterocycles. The van der Waals surface area contributed by atoms with E-state index in [1.807, 2.05) is 41.5 Å². The highest BCUT2D eigenvalue weighted by molar-refractivity contribution is 5.64. The quantitative estimate of drug-likeness (QED) is 0.296. The standard InChI is InChI=1S/C18H27NO6.C2H6/c1-17(2,22-5)11-13-24-18(3,4)10-12-23-16(20)25-15-8-6-14(19-21)7-9-15;1-2/h6-9H,10-13H2,1-5H3;1-2H3. The van der Waals surface area contributed by atoms with Crippen LogP contribution in [0.1, 0.15) is 54.4 Å². The molecule has 0 saturated heterocycles. The van der Waals surface area contributed by atoms with Gasteiger partial charge in [-0.05, 0) is 63.6 Å². The number of rotatable bonds is 10. The van der Waals surface area contributed by atoms with Crippen LogP contribution in [0.15, 0.2) is 29.4 Å². The predicted octanol–water partition coefficient (Wildman–Crippen LogP) is 5.63. The summed E-state index contributed by atoms with van der Waals surface area (Å²) in [5.74, 6) is 0.287. The van der Waals surface area contributed by atoms with Gasteiger partial charge in [0.05, 0.1) is 24.4 Å². The summed E-state index contributed by atoms with van der Waals surface area (Å²) >= 11 is 0. The van der Waals surface area contributed by atoms with Crippen LogP contribution in [0.2, 0.25) is 0 Å². The minimum Gasteiger partial charge on any atom is -0.434 e. The average molecular weight is 383 g/mol. The van der Waals surface area contributed by atoms with Gasteiger partial charge in [0.1, 0.15) is 11.4 Å². The van der Waals surface area contributed by atoms with Crippen molar-refractivity contribution < 1.29 is 23.7 Å². The van der Waals surface area contributed by atoms with Crippen molar-refractivity contribution in [1.29, 1.82) is 0 Å². The Labute approximate surface area is 162 Å². The first-order valence-electron chi connectivity index (χ1n) is 9.14. The van der Waals surface area contributed by atoms with Crippen molar-refractivity contribution in [1.82, 2.24) is 0 Å². The summed E-state index contributed by atoms with van der Waals surface area (Å²) in [5.41, 5.74) is -0.400. The lowest BCUT2D eigenvalue weighted by molar-refractivity contribution is -0.0671. The van der Waals surface area contributed by atoms with Crippen LogP contribution in [0, 0.1) is 4.91 Å². The molecule has 0 N–H and O–H groups in total. The average Bonchev–Trinajstić information content (AvgIpc) is 2.63. The number of nitroso groups, excluding NO2 is 1. The lowest BCUT2D eigenvalue weighted by atomic mass is 10.0. The smallest absolute Gasteiger partial charge is 0.434 e. The Kier molecular flexibility index (Phi) is 11.5. The number of carbonyl (C=O) groups excluding carboxylic acids is 1. The summed E-state index contributed by atoms with van der Waals surface area (Å²) in [6.45, 7) is 12.6. The Hall–Kier alpha value is -1.99. The molecule has 154 valence electrons. The van der Waals surface area contributed by atoms with E-state index in [0.29, 0.717) is 13.0 Å². The van der Waals surface area contributed by atoms with Crippen LogP contribution in [-0.4, -0.2) is 37.7 Å². The van der Waals surface area contributed by atoms with Gasteiger partial charge in [-0.3, -0.25) is 0 Å². The molecule has 0 fully saturated rings. The van der Waals surface area contributed by atoms with Gasteiger partial charge in [0.15, 0.2) is 0 Å². The molecule has 0 unspecified atom stereocenters.